The molecule has 0 aliphatic carbocycles. The van der Waals surface area contributed by atoms with E-state index in [4.69, 9.17) is 9.47 Å². The molecule has 19 heavy (non-hydrogen) atoms. The zero-order valence-electron chi connectivity index (χ0n) is 12.4. The number of esters is 1. The van der Waals surface area contributed by atoms with Crippen LogP contribution in [-0.4, -0.2) is 53.5 Å². The van der Waals surface area contributed by atoms with Crippen molar-refractivity contribution >= 4 is 16.0 Å². The fourth-order valence-electron chi connectivity index (χ4n) is 1.47. The minimum Gasteiger partial charge on any atom is -0.461 e. The summed E-state index contributed by atoms with van der Waals surface area (Å²) < 4.78 is 12.1. The Hall–Kier alpha value is -1.01. The Morgan fingerprint density at radius 2 is 2.11 bits per heavy atom. The van der Waals surface area contributed by atoms with E-state index < -0.39 is 10.0 Å². The first kappa shape index (κ1) is 16.0. The van der Waals surface area contributed by atoms with Crippen molar-refractivity contribution in [2.75, 3.05) is 37.7 Å². The van der Waals surface area contributed by atoms with Crippen LogP contribution in [0.3, 0.4) is 0 Å². The van der Waals surface area contributed by atoms with Crippen molar-refractivity contribution in [3.63, 3.8) is 0 Å². The van der Waals surface area contributed by atoms with E-state index in [1.807, 2.05) is 6.92 Å². The zero-order chi connectivity index (χ0) is 14.5. The Labute approximate surface area is 116 Å². The minimum atomic E-state index is -0.555. The van der Waals surface area contributed by atoms with Crippen LogP contribution < -0.4 is 0 Å². The van der Waals surface area contributed by atoms with Crippen LogP contribution >= 0.6 is 10.0 Å². The van der Waals surface area contributed by atoms with E-state index >= 15 is 0 Å². The summed E-state index contributed by atoms with van der Waals surface area (Å²) in [6.07, 6.45) is 6.75. The summed E-state index contributed by atoms with van der Waals surface area (Å²) in [4.78, 5) is 11.7. The molecule has 1 heterocycles. The molecule has 0 saturated carbocycles. The summed E-state index contributed by atoms with van der Waals surface area (Å²) in [5.41, 5.74) is 1.23. The molecule has 0 aliphatic heterocycles. The van der Waals surface area contributed by atoms with Gasteiger partial charge >= 0.3 is 5.97 Å². The van der Waals surface area contributed by atoms with E-state index in [1.54, 1.807) is 17.7 Å². The normalized spacial score (nSPS) is 12.5. The zero-order valence-corrected chi connectivity index (χ0v) is 13.2. The summed E-state index contributed by atoms with van der Waals surface area (Å²) in [6.45, 7) is 4.96. The van der Waals surface area contributed by atoms with Gasteiger partial charge in [0.15, 0.2) is 0 Å². The maximum absolute atomic E-state index is 11.7. The van der Waals surface area contributed by atoms with Crippen LogP contribution in [0.5, 0.6) is 0 Å². The molecule has 0 aliphatic rings. The van der Waals surface area contributed by atoms with Gasteiger partial charge in [0.2, 0.25) is 0 Å². The highest BCUT2D eigenvalue weighted by Crippen LogP contribution is 2.33. The van der Waals surface area contributed by atoms with Gasteiger partial charge in [-0.2, -0.15) is 5.10 Å². The van der Waals surface area contributed by atoms with Crippen molar-refractivity contribution in [2.45, 2.75) is 20.6 Å². The van der Waals surface area contributed by atoms with Crippen molar-refractivity contribution in [2.24, 2.45) is 0 Å². The first-order valence-corrected chi connectivity index (χ1v) is 9.31. The van der Waals surface area contributed by atoms with E-state index in [1.165, 1.54) is 0 Å². The van der Waals surface area contributed by atoms with Crippen molar-refractivity contribution < 1.29 is 14.3 Å². The molecular formula is C13H24N2O3S. The highest BCUT2D eigenvalue weighted by molar-refractivity contribution is 8.32. The van der Waals surface area contributed by atoms with Crippen molar-refractivity contribution in [3.05, 3.63) is 17.5 Å². The average molecular weight is 288 g/mol. The lowest BCUT2D eigenvalue weighted by atomic mass is 10.4. The number of aromatic nitrogens is 2. The Morgan fingerprint density at radius 1 is 1.42 bits per heavy atom. The van der Waals surface area contributed by atoms with Crippen LogP contribution in [0.2, 0.25) is 0 Å². The first-order valence-electron chi connectivity index (χ1n) is 6.29. The minimum absolute atomic E-state index is 0.289. The lowest BCUT2D eigenvalue weighted by Crippen LogP contribution is -2.16. The molecule has 0 aromatic carbocycles. The summed E-state index contributed by atoms with van der Waals surface area (Å²) in [6, 6.07) is 1.72. The Morgan fingerprint density at radius 3 is 2.68 bits per heavy atom. The third-order valence-electron chi connectivity index (χ3n) is 2.44. The van der Waals surface area contributed by atoms with Crippen molar-refractivity contribution in [3.8, 4) is 0 Å². The topological polar surface area (TPSA) is 53.3 Å². The fourth-order valence-corrected chi connectivity index (χ4v) is 2.09. The molecule has 0 amide bonds. The second-order valence-corrected chi connectivity index (χ2v) is 9.81. The molecule has 0 fully saturated rings. The molecule has 1 aromatic heterocycles. The molecule has 0 atom stereocenters. The van der Waals surface area contributed by atoms with Crippen LogP contribution in [-0.2, 0) is 16.2 Å². The predicted molar refractivity (Wildman–Crippen MR) is 79.1 cm³/mol. The van der Waals surface area contributed by atoms with Crippen LogP contribution in [0.15, 0.2) is 6.07 Å². The number of rotatable bonds is 7. The maximum Gasteiger partial charge on any atom is 0.356 e. The summed E-state index contributed by atoms with van der Waals surface area (Å²) in [7, 11) is -0.555. The van der Waals surface area contributed by atoms with Crippen LogP contribution in [0.4, 0.5) is 0 Å². The molecule has 5 nitrogen and oxygen atoms in total. The number of nitrogens with zero attached hydrogens (tertiary/aromatic N) is 2. The molecule has 110 valence electrons. The van der Waals surface area contributed by atoms with E-state index in [0.717, 1.165) is 11.4 Å². The largest absolute Gasteiger partial charge is 0.461 e. The standard InChI is InChI=1S/C13H24N2O3S/c1-6-18-13(16)12-9-11(2)14-15(12)10-17-7-8-19(3,4)5/h9H,6-8,10H2,1-5H3. The predicted octanol–water partition coefficient (Wildman–Crippen LogP) is 2.04. The first-order chi connectivity index (χ1) is 8.83. The number of aryl methyl sites for hydroxylation is 1. The molecular weight excluding hydrogens is 264 g/mol. The second-order valence-electron chi connectivity index (χ2n) is 5.22. The molecule has 6 heteroatoms. The summed E-state index contributed by atoms with van der Waals surface area (Å²) in [5.74, 6) is 0.690. The van der Waals surface area contributed by atoms with E-state index in [9.17, 15) is 4.79 Å². The number of ether oxygens (including phenoxy) is 2. The third kappa shape index (κ3) is 5.65. The van der Waals surface area contributed by atoms with Gasteiger partial charge in [-0.15, -0.1) is 0 Å². The van der Waals surface area contributed by atoms with E-state index in [2.05, 4.69) is 23.9 Å². The number of carbonyl (C=O) groups excluding carboxylic acids is 1. The van der Waals surface area contributed by atoms with Gasteiger partial charge in [0, 0.05) is 5.75 Å². The molecule has 0 unspecified atom stereocenters. The molecule has 1 aromatic rings. The molecule has 1 rings (SSSR count). The highest BCUT2D eigenvalue weighted by Gasteiger charge is 2.15. The summed E-state index contributed by atoms with van der Waals surface area (Å²) >= 11 is 0. The average Bonchev–Trinajstić information content (AvgIpc) is 2.65. The fraction of sp³-hybridized carbons (Fsp3) is 0.692. The lowest BCUT2D eigenvalue weighted by Gasteiger charge is -2.24. The van der Waals surface area contributed by atoms with Gasteiger partial charge in [0.05, 0.1) is 18.9 Å². The van der Waals surface area contributed by atoms with Gasteiger partial charge in [-0.1, -0.05) is 0 Å². The van der Waals surface area contributed by atoms with Gasteiger partial charge in [0.25, 0.3) is 0 Å². The quantitative estimate of drug-likeness (QED) is 0.569. The Balaban J connectivity index is 2.56. The van der Waals surface area contributed by atoms with Crippen LogP contribution in [0.1, 0.15) is 23.1 Å². The van der Waals surface area contributed by atoms with Gasteiger partial charge in [-0.3, -0.25) is 0 Å². The number of carbonyl (C=O) groups is 1. The van der Waals surface area contributed by atoms with Crippen molar-refractivity contribution in [1.82, 2.24) is 9.78 Å². The molecule has 0 saturated heterocycles. The smallest absolute Gasteiger partial charge is 0.356 e. The molecule has 0 N–H and O–H groups in total. The van der Waals surface area contributed by atoms with Gasteiger partial charge in [-0.05, 0) is 38.7 Å². The Bertz CT molecular complexity index is 424. The van der Waals surface area contributed by atoms with Crippen LogP contribution in [0.25, 0.3) is 0 Å². The van der Waals surface area contributed by atoms with Gasteiger partial charge in [0.1, 0.15) is 12.4 Å². The Kier molecular flexibility index (Phi) is 5.87. The van der Waals surface area contributed by atoms with Gasteiger partial charge < -0.3 is 9.47 Å². The number of hydrogen-bond donors (Lipinski definition) is 0. The molecule has 0 spiro atoms. The third-order valence-corrected chi connectivity index (χ3v) is 3.83. The molecule has 0 radical (unpaired) electrons. The van der Waals surface area contributed by atoms with Crippen molar-refractivity contribution in [1.29, 1.82) is 0 Å². The van der Waals surface area contributed by atoms with Crippen LogP contribution in [0, 0.1) is 6.92 Å². The molecule has 0 bridgehead atoms. The summed E-state index contributed by atoms with van der Waals surface area (Å²) in [5, 5.41) is 4.25. The number of hydrogen-bond acceptors (Lipinski definition) is 4. The second kappa shape index (κ2) is 6.96. The highest BCUT2D eigenvalue weighted by atomic mass is 32.3. The maximum atomic E-state index is 11.7. The van der Waals surface area contributed by atoms with E-state index in [0.29, 0.717) is 18.9 Å². The lowest BCUT2D eigenvalue weighted by molar-refractivity contribution is 0.0458. The van der Waals surface area contributed by atoms with Gasteiger partial charge in [-0.25, -0.2) is 19.5 Å². The SMILES string of the molecule is CCOC(=O)c1cc(C)nn1COCCS(C)(C)C. The van der Waals surface area contributed by atoms with E-state index in [-0.39, 0.29) is 12.7 Å². The monoisotopic (exact) mass is 288 g/mol.